The Bertz CT molecular complexity index is 575. The average molecular weight is 401 g/mol. The number of aryl methyl sites for hydroxylation is 1. The maximum atomic E-state index is 12.1. The molecule has 0 saturated heterocycles. The molecule has 23 heavy (non-hydrogen) atoms. The molecule has 0 aliphatic rings. The number of aliphatic imine (C=N–C) groups is 1. The van der Waals surface area contributed by atoms with Crippen molar-refractivity contribution in [2.24, 2.45) is 4.99 Å². The molecule has 5 nitrogen and oxygen atoms in total. The van der Waals surface area contributed by atoms with Crippen molar-refractivity contribution in [3.05, 3.63) is 28.2 Å². The van der Waals surface area contributed by atoms with Gasteiger partial charge in [0.05, 0.1) is 6.54 Å². The number of carbonyl (C=O) groups is 1. The Balaban J connectivity index is 2.49. The summed E-state index contributed by atoms with van der Waals surface area (Å²) in [7, 11) is 1.69. The third-order valence-corrected chi connectivity index (χ3v) is 5.09. The zero-order chi connectivity index (χ0) is 17.5. The van der Waals surface area contributed by atoms with Crippen LogP contribution < -0.4 is 16.0 Å². The first-order chi connectivity index (χ1) is 10.8. The van der Waals surface area contributed by atoms with Crippen molar-refractivity contribution >= 4 is 45.2 Å². The minimum absolute atomic E-state index is 0.104. The summed E-state index contributed by atoms with van der Waals surface area (Å²) in [6.45, 7) is 7.19. The number of benzene rings is 1. The summed E-state index contributed by atoms with van der Waals surface area (Å²) in [5.74, 6) is 0.506. The molecule has 0 aliphatic carbocycles. The molecule has 3 N–H and O–H groups in total. The smallest absolute Gasteiger partial charge is 0.243 e. The third-order valence-electron chi connectivity index (χ3n) is 3.35. The number of rotatable bonds is 6. The van der Waals surface area contributed by atoms with Gasteiger partial charge in [-0.05, 0) is 44.7 Å². The number of guanidine groups is 1. The van der Waals surface area contributed by atoms with E-state index in [0.29, 0.717) is 5.96 Å². The van der Waals surface area contributed by atoms with Gasteiger partial charge < -0.3 is 16.0 Å². The lowest BCUT2D eigenvalue weighted by Gasteiger charge is -2.23. The van der Waals surface area contributed by atoms with E-state index in [4.69, 9.17) is 0 Å². The van der Waals surface area contributed by atoms with Crippen LogP contribution in [0.5, 0.6) is 0 Å². The molecule has 0 aromatic heterocycles. The lowest BCUT2D eigenvalue weighted by atomic mass is 10.2. The molecule has 0 radical (unpaired) electrons. The average Bonchev–Trinajstić information content (AvgIpc) is 2.51. The molecule has 0 heterocycles. The molecule has 1 aromatic carbocycles. The number of thioether (sulfide) groups is 1. The van der Waals surface area contributed by atoms with Crippen LogP contribution in [0.15, 0.2) is 27.7 Å². The van der Waals surface area contributed by atoms with Crippen LogP contribution in [-0.2, 0) is 4.79 Å². The van der Waals surface area contributed by atoms with Crippen molar-refractivity contribution in [2.75, 3.05) is 31.7 Å². The van der Waals surface area contributed by atoms with Crippen LogP contribution in [-0.4, -0.2) is 43.0 Å². The van der Waals surface area contributed by atoms with Gasteiger partial charge in [-0.25, -0.2) is 0 Å². The standard InChI is InChI=1S/C16H25BrN4OS/c1-11-6-7-12(17)8-13(11)21-14(22)9-19-15(18-4)20-10-16(2,3)23-5/h6-8H,9-10H2,1-5H3,(H,21,22)(H2,18,19,20). The van der Waals surface area contributed by atoms with Crippen molar-refractivity contribution in [1.82, 2.24) is 10.6 Å². The van der Waals surface area contributed by atoms with Gasteiger partial charge in [-0.15, -0.1) is 0 Å². The molecule has 1 amide bonds. The van der Waals surface area contributed by atoms with E-state index in [1.54, 1.807) is 18.8 Å². The zero-order valence-corrected chi connectivity index (χ0v) is 16.7. The summed E-state index contributed by atoms with van der Waals surface area (Å²) < 4.78 is 1.04. The normalized spacial score (nSPS) is 12.0. The van der Waals surface area contributed by atoms with Crippen molar-refractivity contribution in [3.8, 4) is 0 Å². The number of amides is 1. The largest absolute Gasteiger partial charge is 0.355 e. The SMILES string of the molecule is CN=C(NCC(=O)Nc1cc(Br)ccc1C)NCC(C)(C)SC. The highest BCUT2D eigenvalue weighted by Gasteiger charge is 2.16. The van der Waals surface area contributed by atoms with Crippen LogP contribution in [0, 0.1) is 6.92 Å². The Morgan fingerprint density at radius 3 is 2.65 bits per heavy atom. The number of hydrogen-bond acceptors (Lipinski definition) is 3. The summed E-state index contributed by atoms with van der Waals surface area (Å²) in [5, 5.41) is 9.15. The van der Waals surface area contributed by atoms with Gasteiger partial charge in [-0.1, -0.05) is 22.0 Å². The van der Waals surface area contributed by atoms with Gasteiger partial charge in [-0.3, -0.25) is 9.79 Å². The highest BCUT2D eigenvalue weighted by atomic mass is 79.9. The number of nitrogens with one attached hydrogen (secondary N) is 3. The first-order valence-electron chi connectivity index (χ1n) is 7.33. The monoisotopic (exact) mass is 400 g/mol. The summed E-state index contributed by atoms with van der Waals surface area (Å²) >= 11 is 5.19. The van der Waals surface area contributed by atoms with Crippen LogP contribution in [0.4, 0.5) is 5.69 Å². The van der Waals surface area contributed by atoms with Crippen molar-refractivity contribution in [2.45, 2.75) is 25.5 Å². The molecule has 0 unspecified atom stereocenters. The van der Waals surface area contributed by atoms with E-state index >= 15 is 0 Å². The van der Waals surface area contributed by atoms with E-state index in [9.17, 15) is 4.79 Å². The van der Waals surface area contributed by atoms with Crippen LogP contribution in [0.2, 0.25) is 0 Å². The van der Waals surface area contributed by atoms with Gasteiger partial charge in [0, 0.05) is 28.5 Å². The quantitative estimate of drug-likeness (QED) is 0.507. The first-order valence-corrected chi connectivity index (χ1v) is 9.35. The third kappa shape index (κ3) is 7.26. The summed E-state index contributed by atoms with van der Waals surface area (Å²) in [5.41, 5.74) is 1.82. The van der Waals surface area contributed by atoms with E-state index in [2.05, 4.69) is 57.0 Å². The number of nitrogens with zero attached hydrogens (tertiary/aromatic N) is 1. The molecular formula is C16H25BrN4OS. The zero-order valence-electron chi connectivity index (χ0n) is 14.3. The lowest BCUT2D eigenvalue weighted by molar-refractivity contribution is -0.115. The predicted octanol–water partition coefficient (Wildman–Crippen LogP) is 3.00. The molecule has 0 saturated carbocycles. The predicted molar refractivity (Wildman–Crippen MR) is 104 cm³/mol. The molecule has 0 bridgehead atoms. The summed E-state index contributed by atoms with van der Waals surface area (Å²) in [6.07, 6.45) is 2.08. The topological polar surface area (TPSA) is 65.5 Å². The molecule has 0 atom stereocenters. The molecule has 0 aliphatic heterocycles. The lowest BCUT2D eigenvalue weighted by Crippen LogP contribution is -2.45. The number of hydrogen-bond donors (Lipinski definition) is 3. The van der Waals surface area contributed by atoms with E-state index in [1.807, 2.05) is 25.1 Å². The van der Waals surface area contributed by atoms with Crippen molar-refractivity contribution in [3.63, 3.8) is 0 Å². The highest BCUT2D eigenvalue weighted by Crippen LogP contribution is 2.20. The van der Waals surface area contributed by atoms with Gasteiger partial charge in [0.25, 0.3) is 0 Å². The van der Waals surface area contributed by atoms with Gasteiger partial charge in [0.1, 0.15) is 0 Å². The van der Waals surface area contributed by atoms with Crippen molar-refractivity contribution in [1.29, 1.82) is 0 Å². The maximum Gasteiger partial charge on any atom is 0.243 e. The fourth-order valence-electron chi connectivity index (χ4n) is 1.68. The Labute approximate surface area is 151 Å². The Morgan fingerprint density at radius 1 is 1.35 bits per heavy atom. The second kappa shape index (κ2) is 9.17. The Kier molecular flexibility index (Phi) is 7.91. The molecule has 0 spiro atoms. The van der Waals surface area contributed by atoms with Crippen molar-refractivity contribution < 1.29 is 4.79 Å². The molecule has 7 heteroatoms. The van der Waals surface area contributed by atoms with Crippen LogP contribution in [0.1, 0.15) is 19.4 Å². The summed E-state index contributed by atoms with van der Waals surface area (Å²) in [6, 6.07) is 5.79. The van der Waals surface area contributed by atoms with Gasteiger partial charge in [-0.2, -0.15) is 11.8 Å². The highest BCUT2D eigenvalue weighted by molar-refractivity contribution is 9.10. The molecule has 1 rings (SSSR count). The maximum absolute atomic E-state index is 12.1. The molecule has 0 fully saturated rings. The minimum Gasteiger partial charge on any atom is -0.355 e. The van der Waals surface area contributed by atoms with Gasteiger partial charge >= 0.3 is 0 Å². The van der Waals surface area contributed by atoms with E-state index < -0.39 is 0 Å². The number of carbonyl (C=O) groups excluding carboxylic acids is 1. The van der Waals surface area contributed by atoms with Crippen LogP contribution in [0.25, 0.3) is 0 Å². The Morgan fingerprint density at radius 2 is 2.04 bits per heavy atom. The van der Waals surface area contributed by atoms with Crippen LogP contribution >= 0.6 is 27.7 Å². The molecular weight excluding hydrogens is 376 g/mol. The molecule has 1 aromatic rings. The van der Waals surface area contributed by atoms with E-state index in [0.717, 1.165) is 22.3 Å². The fraction of sp³-hybridized carbons (Fsp3) is 0.500. The summed E-state index contributed by atoms with van der Waals surface area (Å²) in [4.78, 5) is 16.2. The fourth-order valence-corrected chi connectivity index (χ4v) is 2.25. The van der Waals surface area contributed by atoms with E-state index in [1.165, 1.54) is 0 Å². The minimum atomic E-state index is -0.113. The number of halogens is 1. The van der Waals surface area contributed by atoms with Crippen LogP contribution in [0.3, 0.4) is 0 Å². The van der Waals surface area contributed by atoms with Gasteiger partial charge in [0.15, 0.2) is 5.96 Å². The first kappa shape index (κ1) is 19.8. The molecule has 128 valence electrons. The Hall–Kier alpha value is -1.21. The second-order valence-electron chi connectivity index (χ2n) is 5.75. The number of anilines is 1. The van der Waals surface area contributed by atoms with E-state index in [-0.39, 0.29) is 17.2 Å². The second-order valence-corrected chi connectivity index (χ2v) is 8.18. The van der Waals surface area contributed by atoms with Gasteiger partial charge in [0.2, 0.25) is 5.91 Å².